The van der Waals surface area contributed by atoms with Gasteiger partial charge in [0, 0.05) is 18.8 Å². The van der Waals surface area contributed by atoms with E-state index in [1.807, 2.05) is 26.0 Å². The van der Waals surface area contributed by atoms with Crippen LogP contribution < -0.4 is 10.6 Å². The molecule has 1 aromatic carbocycles. The third kappa shape index (κ3) is 4.51. The first-order chi connectivity index (χ1) is 8.34. The smallest absolute Gasteiger partial charge is 0.231 e. The van der Waals surface area contributed by atoms with Crippen molar-refractivity contribution in [2.45, 2.75) is 39.7 Å². The fourth-order valence-corrected chi connectivity index (χ4v) is 1.74. The fraction of sp³-hybridized carbons (Fsp3) is 0.533. The van der Waals surface area contributed by atoms with Crippen molar-refractivity contribution in [1.29, 1.82) is 0 Å². The molecule has 0 aliphatic carbocycles. The van der Waals surface area contributed by atoms with Crippen LogP contribution in [0.15, 0.2) is 24.3 Å². The van der Waals surface area contributed by atoms with Crippen molar-refractivity contribution >= 4 is 24.0 Å². The minimum atomic E-state index is -0.167. The van der Waals surface area contributed by atoms with E-state index in [-0.39, 0.29) is 30.3 Å². The maximum absolute atomic E-state index is 12.1. The summed E-state index contributed by atoms with van der Waals surface area (Å²) in [7, 11) is 1.80. The average molecular weight is 285 g/mol. The Morgan fingerprint density at radius 3 is 1.95 bits per heavy atom. The number of amides is 1. The van der Waals surface area contributed by atoms with Gasteiger partial charge in [-0.2, -0.15) is 0 Å². The molecule has 0 saturated carbocycles. The molecule has 2 atom stereocenters. The molecule has 0 spiro atoms. The van der Waals surface area contributed by atoms with E-state index in [1.165, 1.54) is 5.56 Å². The molecule has 0 bridgehead atoms. The van der Waals surface area contributed by atoms with Crippen molar-refractivity contribution in [3.8, 4) is 0 Å². The summed E-state index contributed by atoms with van der Waals surface area (Å²) in [6.45, 7) is 8.04. The average Bonchev–Trinajstić information content (AvgIpc) is 2.36. The molecule has 2 N–H and O–H groups in total. The molecule has 2 unspecified atom stereocenters. The Bertz CT molecular complexity index is 401. The van der Waals surface area contributed by atoms with Gasteiger partial charge in [-0.25, -0.2) is 0 Å². The van der Waals surface area contributed by atoms with Gasteiger partial charge in [-0.15, -0.1) is 12.4 Å². The first-order valence-electron chi connectivity index (χ1n) is 6.47. The summed E-state index contributed by atoms with van der Waals surface area (Å²) < 4.78 is 0. The van der Waals surface area contributed by atoms with Crippen molar-refractivity contribution in [1.82, 2.24) is 0 Å². The quantitative estimate of drug-likeness (QED) is 0.923. The lowest BCUT2D eigenvalue weighted by atomic mass is 10.0. The second-order valence-corrected chi connectivity index (χ2v) is 5.29. The molecule has 0 radical (unpaired) electrons. The van der Waals surface area contributed by atoms with Crippen LogP contribution in [0.2, 0.25) is 0 Å². The third-order valence-electron chi connectivity index (χ3n) is 3.46. The predicted octanol–water partition coefficient (Wildman–Crippen LogP) is 3.18. The normalized spacial score (nSPS) is 13.6. The van der Waals surface area contributed by atoms with E-state index in [2.05, 4.69) is 26.0 Å². The molecule has 1 aromatic rings. The van der Waals surface area contributed by atoms with Crippen LogP contribution in [0.25, 0.3) is 0 Å². The second kappa shape index (κ2) is 7.51. The highest BCUT2D eigenvalue weighted by Gasteiger charge is 2.21. The zero-order valence-corrected chi connectivity index (χ0v) is 13.2. The van der Waals surface area contributed by atoms with Gasteiger partial charge in [0.25, 0.3) is 0 Å². The van der Waals surface area contributed by atoms with Gasteiger partial charge < -0.3 is 10.6 Å². The molecule has 0 aliphatic rings. The number of benzene rings is 1. The molecule has 1 amide bonds. The number of nitrogens with two attached hydrogens (primary N) is 1. The molecule has 0 aliphatic heterocycles. The first kappa shape index (κ1) is 17.9. The van der Waals surface area contributed by atoms with Crippen LogP contribution in [0.3, 0.4) is 0 Å². The van der Waals surface area contributed by atoms with Crippen LogP contribution >= 0.6 is 12.4 Å². The van der Waals surface area contributed by atoms with E-state index in [0.29, 0.717) is 5.92 Å². The highest BCUT2D eigenvalue weighted by atomic mass is 35.5. The van der Waals surface area contributed by atoms with Gasteiger partial charge in [0.15, 0.2) is 0 Å². The summed E-state index contributed by atoms with van der Waals surface area (Å²) in [5.41, 5.74) is 7.96. The van der Waals surface area contributed by atoms with E-state index in [0.717, 1.165) is 5.69 Å². The monoisotopic (exact) mass is 284 g/mol. The topological polar surface area (TPSA) is 46.3 Å². The maximum atomic E-state index is 12.1. The fourth-order valence-electron chi connectivity index (χ4n) is 1.74. The van der Waals surface area contributed by atoms with Gasteiger partial charge in [0.05, 0.1) is 5.92 Å². The number of carbonyl (C=O) groups excluding carboxylic acids is 1. The Hall–Kier alpha value is -1.06. The van der Waals surface area contributed by atoms with Gasteiger partial charge in [-0.05, 0) is 30.5 Å². The Kier molecular flexibility index (Phi) is 7.09. The standard InChI is InChI=1S/C15H24N2O.ClH/c1-10(2)13-6-8-14(9-7-13)17(5)15(18)11(3)12(4)16;/h6-12H,16H2,1-5H3;1H. The predicted molar refractivity (Wildman–Crippen MR) is 84.0 cm³/mol. The highest BCUT2D eigenvalue weighted by molar-refractivity contribution is 5.94. The maximum Gasteiger partial charge on any atom is 0.231 e. The van der Waals surface area contributed by atoms with Crippen LogP contribution in [-0.2, 0) is 4.79 Å². The highest BCUT2D eigenvalue weighted by Crippen LogP contribution is 2.20. The van der Waals surface area contributed by atoms with Gasteiger partial charge in [0.2, 0.25) is 5.91 Å². The largest absolute Gasteiger partial charge is 0.327 e. The minimum absolute atomic E-state index is 0. The van der Waals surface area contributed by atoms with Gasteiger partial charge in [0.1, 0.15) is 0 Å². The molecular weight excluding hydrogens is 260 g/mol. The Balaban J connectivity index is 0.00000324. The lowest BCUT2D eigenvalue weighted by Gasteiger charge is -2.23. The van der Waals surface area contributed by atoms with Crippen molar-refractivity contribution in [2.75, 3.05) is 11.9 Å². The second-order valence-electron chi connectivity index (χ2n) is 5.29. The zero-order chi connectivity index (χ0) is 13.9. The number of nitrogens with zero attached hydrogens (tertiary/aromatic N) is 1. The molecule has 0 fully saturated rings. The van der Waals surface area contributed by atoms with Gasteiger partial charge >= 0.3 is 0 Å². The van der Waals surface area contributed by atoms with Gasteiger partial charge in [-0.1, -0.05) is 32.9 Å². The molecule has 0 saturated heterocycles. The van der Waals surface area contributed by atoms with Crippen molar-refractivity contribution in [3.63, 3.8) is 0 Å². The van der Waals surface area contributed by atoms with E-state index in [4.69, 9.17) is 5.73 Å². The van der Waals surface area contributed by atoms with Gasteiger partial charge in [-0.3, -0.25) is 4.79 Å². The summed E-state index contributed by atoms with van der Waals surface area (Å²) in [5, 5.41) is 0. The summed E-state index contributed by atoms with van der Waals surface area (Å²) in [6, 6.07) is 7.98. The molecule has 1 rings (SSSR count). The molecular formula is C15H25ClN2O. The SMILES string of the molecule is CC(C)c1ccc(N(C)C(=O)C(C)C(C)N)cc1.Cl. The number of rotatable bonds is 4. The van der Waals surface area contributed by atoms with Crippen LogP contribution in [-0.4, -0.2) is 19.0 Å². The van der Waals surface area contributed by atoms with Crippen LogP contribution in [0, 0.1) is 5.92 Å². The third-order valence-corrected chi connectivity index (χ3v) is 3.46. The number of hydrogen-bond acceptors (Lipinski definition) is 2. The van der Waals surface area contributed by atoms with E-state index >= 15 is 0 Å². The lowest BCUT2D eigenvalue weighted by Crippen LogP contribution is -2.39. The van der Waals surface area contributed by atoms with Crippen molar-refractivity contribution in [3.05, 3.63) is 29.8 Å². The van der Waals surface area contributed by atoms with E-state index in [9.17, 15) is 4.79 Å². The zero-order valence-electron chi connectivity index (χ0n) is 12.4. The first-order valence-corrected chi connectivity index (χ1v) is 6.47. The van der Waals surface area contributed by atoms with Crippen LogP contribution in [0.5, 0.6) is 0 Å². The molecule has 19 heavy (non-hydrogen) atoms. The van der Waals surface area contributed by atoms with Crippen molar-refractivity contribution in [2.24, 2.45) is 11.7 Å². The molecule has 0 aromatic heterocycles. The number of hydrogen-bond donors (Lipinski definition) is 1. The van der Waals surface area contributed by atoms with E-state index < -0.39 is 0 Å². The summed E-state index contributed by atoms with van der Waals surface area (Å²) >= 11 is 0. The van der Waals surface area contributed by atoms with E-state index in [1.54, 1.807) is 11.9 Å². The number of anilines is 1. The molecule has 0 heterocycles. The Morgan fingerprint density at radius 1 is 1.11 bits per heavy atom. The van der Waals surface area contributed by atoms with Crippen molar-refractivity contribution < 1.29 is 4.79 Å². The molecule has 4 heteroatoms. The molecule has 108 valence electrons. The van der Waals surface area contributed by atoms with Crippen LogP contribution in [0.1, 0.15) is 39.2 Å². The van der Waals surface area contributed by atoms with Crippen LogP contribution in [0.4, 0.5) is 5.69 Å². The minimum Gasteiger partial charge on any atom is -0.327 e. The summed E-state index contributed by atoms with van der Waals surface area (Å²) in [6.07, 6.45) is 0. The number of halogens is 1. The number of carbonyl (C=O) groups is 1. The summed E-state index contributed by atoms with van der Waals surface area (Å²) in [4.78, 5) is 13.8. The summed E-state index contributed by atoms with van der Waals surface area (Å²) in [5.74, 6) is 0.394. The lowest BCUT2D eigenvalue weighted by molar-refractivity contribution is -0.122. The molecule has 3 nitrogen and oxygen atoms in total. The Morgan fingerprint density at radius 2 is 1.58 bits per heavy atom. The Labute approximate surface area is 122 Å².